The number of piperidine rings is 1. The zero-order valence-electron chi connectivity index (χ0n) is 18.9. The van der Waals surface area contributed by atoms with Gasteiger partial charge < -0.3 is 15.1 Å². The molecule has 0 aromatic carbocycles. The molecule has 1 saturated carbocycles. The fourth-order valence-corrected chi connectivity index (χ4v) is 5.01. The Kier molecular flexibility index (Phi) is 8.12. The minimum Gasteiger partial charge on any atom is -0.467 e. The van der Waals surface area contributed by atoms with Crippen molar-refractivity contribution in [2.24, 2.45) is 11.8 Å². The molecule has 1 saturated heterocycles. The summed E-state index contributed by atoms with van der Waals surface area (Å²) in [5, 5.41) is 8.21. The highest BCUT2D eigenvalue weighted by Gasteiger charge is 2.45. The number of carbonyl (C=O) groups is 3. The Hall–Kier alpha value is -2.35. The average Bonchev–Trinajstić information content (AvgIpc) is 3.27. The number of urea groups is 1. The van der Waals surface area contributed by atoms with Crippen molar-refractivity contribution < 1.29 is 18.8 Å². The number of furan rings is 1. The molecule has 1 aliphatic carbocycles. The molecule has 2 aliphatic rings. The highest BCUT2D eigenvalue weighted by atomic mass is 16.3. The maximum atomic E-state index is 12.9. The van der Waals surface area contributed by atoms with Crippen LogP contribution in [0.5, 0.6) is 0 Å². The second kappa shape index (κ2) is 10.8. The minimum absolute atomic E-state index is 0.00907. The molecule has 5 atom stereocenters. The van der Waals surface area contributed by atoms with E-state index in [4.69, 9.17) is 4.42 Å². The van der Waals surface area contributed by atoms with Gasteiger partial charge in [-0.3, -0.25) is 19.8 Å². The largest absolute Gasteiger partial charge is 0.467 e. The summed E-state index contributed by atoms with van der Waals surface area (Å²) in [4.78, 5) is 39.8. The Balaban J connectivity index is 1.57. The second-order valence-corrected chi connectivity index (χ2v) is 9.01. The van der Waals surface area contributed by atoms with Gasteiger partial charge >= 0.3 is 6.03 Å². The molecule has 0 radical (unpaired) electrons. The molecule has 0 unspecified atom stereocenters. The SMILES string of the molecule is CC[C@H](C)NC(=O)[C@@H]1C[C@H](C)N(CC(=O)NC(=O)NCc2ccco2)[C@@H]2CCCC[C@H]21. The molecule has 31 heavy (non-hydrogen) atoms. The average molecular weight is 433 g/mol. The Bertz CT molecular complexity index is 751. The van der Waals surface area contributed by atoms with Crippen LogP contribution in [0.15, 0.2) is 22.8 Å². The van der Waals surface area contributed by atoms with Gasteiger partial charge in [-0.1, -0.05) is 19.8 Å². The zero-order valence-corrected chi connectivity index (χ0v) is 18.9. The van der Waals surface area contributed by atoms with E-state index in [-0.39, 0.29) is 54.9 Å². The third kappa shape index (κ3) is 6.09. The van der Waals surface area contributed by atoms with Gasteiger partial charge in [-0.2, -0.15) is 0 Å². The first-order valence-corrected chi connectivity index (χ1v) is 11.5. The standard InChI is InChI=1S/C23H36N4O4/c1-4-15(2)25-22(29)19-12-16(3)27(20-10-6-5-9-18(19)20)14-21(28)26-23(30)24-13-17-8-7-11-31-17/h7-8,11,15-16,18-20H,4-6,9-10,12-14H2,1-3H3,(H,25,29)(H2,24,26,28,30)/t15-,16-,18-,19+,20+/m0/s1. The van der Waals surface area contributed by atoms with Gasteiger partial charge in [0, 0.05) is 24.0 Å². The van der Waals surface area contributed by atoms with Gasteiger partial charge in [-0.15, -0.1) is 0 Å². The summed E-state index contributed by atoms with van der Waals surface area (Å²) in [6, 6.07) is 3.44. The molecular formula is C23H36N4O4. The van der Waals surface area contributed by atoms with Crippen LogP contribution in [0.4, 0.5) is 4.79 Å². The molecule has 3 N–H and O–H groups in total. The Morgan fingerprint density at radius 1 is 1.26 bits per heavy atom. The Labute approximate surface area is 184 Å². The molecule has 0 bridgehead atoms. The van der Waals surface area contributed by atoms with E-state index in [1.165, 1.54) is 6.26 Å². The lowest BCUT2D eigenvalue weighted by Gasteiger charge is -2.50. The van der Waals surface area contributed by atoms with E-state index in [1.807, 2.05) is 6.92 Å². The molecule has 1 aliphatic heterocycles. The van der Waals surface area contributed by atoms with Crippen molar-refractivity contribution in [3.05, 3.63) is 24.2 Å². The lowest BCUT2D eigenvalue weighted by molar-refractivity contribution is -0.135. The Morgan fingerprint density at radius 3 is 2.74 bits per heavy atom. The molecule has 8 nitrogen and oxygen atoms in total. The number of fused-ring (bicyclic) bond motifs is 1. The van der Waals surface area contributed by atoms with Gasteiger partial charge in [0.25, 0.3) is 0 Å². The number of likely N-dealkylation sites (tertiary alicyclic amines) is 1. The summed E-state index contributed by atoms with van der Waals surface area (Å²) < 4.78 is 5.18. The summed E-state index contributed by atoms with van der Waals surface area (Å²) >= 11 is 0. The van der Waals surface area contributed by atoms with Crippen molar-refractivity contribution in [2.45, 2.75) is 84.0 Å². The van der Waals surface area contributed by atoms with E-state index < -0.39 is 6.03 Å². The lowest BCUT2D eigenvalue weighted by atomic mass is 9.69. The van der Waals surface area contributed by atoms with Crippen molar-refractivity contribution in [3.8, 4) is 0 Å². The highest BCUT2D eigenvalue weighted by Crippen LogP contribution is 2.41. The summed E-state index contributed by atoms with van der Waals surface area (Å²) in [7, 11) is 0. The van der Waals surface area contributed by atoms with Gasteiger partial charge in [-0.25, -0.2) is 4.79 Å². The van der Waals surface area contributed by atoms with Gasteiger partial charge in [0.2, 0.25) is 11.8 Å². The molecule has 172 valence electrons. The molecule has 0 spiro atoms. The number of hydrogen-bond acceptors (Lipinski definition) is 5. The number of imide groups is 1. The predicted octanol–water partition coefficient (Wildman–Crippen LogP) is 2.79. The molecule has 3 rings (SSSR count). The number of rotatable bonds is 7. The molecule has 1 aromatic heterocycles. The highest BCUT2D eigenvalue weighted by molar-refractivity contribution is 5.95. The van der Waals surface area contributed by atoms with Crippen LogP contribution in [-0.4, -0.2) is 47.4 Å². The van der Waals surface area contributed by atoms with Crippen LogP contribution in [-0.2, 0) is 16.1 Å². The van der Waals surface area contributed by atoms with Crippen LogP contribution in [0.25, 0.3) is 0 Å². The lowest BCUT2D eigenvalue weighted by Crippen LogP contribution is -2.60. The fraction of sp³-hybridized carbons (Fsp3) is 0.696. The number of nitrogens with zero attached hydrogens (tertiary/aromatic N) is 1. The number of carbonyl (C=O) groups excluding carboxylic acids is 3. The molecule has 1 aromatic rings. The van der Waals surface area contributed by atoms with Crippen molar-refractivity contribution in [3.63, 3.8) is 0 Å². The van der Waals surface area contributed by atoms with E-state index >= 15 is 0 Å². The van der Waals surface area contributed by atoms with E-state index in [0.29, 0.717) is 5.76 Å². The maximum Gasteiger partial charge on any atom is 0.321 e. The van der Waals surface area contributed by atoms with Crippen LogP contribution < -0.4 is 16.0 Å². The molecule has 2 heterocycles. The molecule has 4 amide bonds. The van der Waals surface area contributed by atoms with Crippen molar-refractivity contribution in [1.29, 1.82) is 0 Å². The van der Waals surface area contributed by atoms with Crippen molar-refractivity contribution >= 4 is 17.8 Å². The van der Waals surface area contributed by atoms with Gasteiger partial charge in [0.05, 0.1) is 19.4 Å². The van der Waals surface area contributed by atoms with Crippen LogP contribution >= 0.6 is 0 Å². The normalized spacial score (nSPS) is 27.1. The van der Waals surface area contributed by atoms with E-state index in [2.05, 4.69) is 34.7 Å². The quantitative estimate of drug-likeness (QED) is 0.615. The third-order valence-electron chi connectivity index (χ3n) is 6.81. The smallest absolute Gasteiger partial charge is 0.321 e. The fourth-order valence-electron chi connectivity index (χ4n) is 5.01. The molecule has 8 heteroatoms. The maximum absolute atomic E-state index is 12.9. The van der Waals surface area contributed by atoms with Gasteiger partial charge in [0.1, 0.15) is 5.76 Å². The first-order chi connectivity index (χ1) is 14.9. The summed E-state index contributed by atoms with van der Waals surface area (Å²) in [5.74, 6) is 0.703. The minimum atomic E-state index is -0.530. The van der Waals surface area contributed by atoms with Crippen molar-refractivity contribution in [1.82, 2.24) is 20.9 Å². The first kappa shape index (κ1) is 23.3. The van der Waals surface area contributed by atoms with E-state index in [0.717, 1.165) is 38.5 Å². The van der Waals surface area contributed by atoms with Crippen molar-refractivity contribution in [2.75, 3.05) is 6.54 Å². The topological polar surface area (TPSA) is 104 Å². The van der Waals surface area contributed by atoms with Crippen LogP contribution in [0.2, 0.25) is 0 Å². The number of hydrogen-bond donors (Lipinski definition) is 3. The first-order valence-electron chi connectivity index (χ1n) is 11.5. The van der Waals surface area contributed by atoms with E-state index in [1.54, 1.807) is 12.1 Å². The predicted molar refractivity (Wildman–Crippen MR) is 117 cm³/mol. The Morgan fingerprint density at radius 2 is 2.03 bits per heavy atom. The summed E-state index contributed by atoms with van der Waals surface area (Å²) in [6.45, 7) is 6.58. The van der Waals surface area contributed by atoms with Crippen LogP contribution in [0.3, 0.4) is 0 Å². The zero-order chi connectivity index (χ0) is 22.4. The number of amides is 4. The second-order valence-electron chi connectivity index (χ2n) is 9.01. The monoisotopic (exact) mass is 432 g/mol. The third-order valence-corrected chi connectivity index (χ3v) is 6.81. The summed E-state index contributed by atoms with van der Waals surface area (Å²) in [6.07, 6.45) is 7.41. The molecule has 2 fully saturated rings. The van der Waals surface area contributed by atoms with Crippen LogP contribution in [0, 0.1) is 11.8 Å². The van der Waals surface area contributed by atoms with Crippen LogP contribution in [0.1, 0.15) is 65.1 Å². The summed E-state index contributed by atoms with van der Waals surface area (Å²) in [5.41, 5.74) is 0. The van der Waals surface area contributed by atoms with Gasteiger partial charge in [-0.05, 0) is 57.6 Å². The van der Waals surface area contributed by atoms with Gasteiger partial charge in [0.15, 0.2) is 0 Å². The molecular weight excluding hydrogens is 396 g/mol. The van der Waals surface area contributed by atoms with E-state index in [9.17, 15) is 14.4 Å². The number of nitrogens with one attached hydrogen (secondary N) is 3.